The van der Waals surface area contributed by atoms with Crippen LogP contribution in [0.1, 0.15) is 23.2 Å². The molecule has 0 radical (unpaired) electrons. The molecular weight excluding hydrogens is 331 g/mol. The lowest BCUT2D eigenvalue weighted by atomic mass is 9.92. The van der Waals surface area contributed by atoms with Gasteiger partial charge in [0, 0.05) is 6.54 Å². The van der Waals surface area contributed by atoms with Crippen molar-refractivity contribution in [1.29, 1.82) is 0 Å². The molecule has 0 saturated carbocycles. The Labute approximate surface area is 123 Å². The number of likely N-dealkylation sites (tertiary alicyclic amines) is 1. The molecule has 1 aliphatic heterocycles. The Morgan fingerprint density at radius 2 is 2.15 bits per heavy atom. The van der Waals surface area contributed by atoms with E-state index >= 15 is 0 Å². The summed E-state index contributed by atoms with van der Waals surface area (Å²) in [6.45, 7) is 0.132. The summed E-state index contributed by atoms with van der Waals surface area (Å²) < 4.78 is 14.1. The Morgan fingerprint density at radius 1 is 1.45 bits per heavy atom. The monoisotopic (exact) mass is 344 g/mol. The number of hydrogen-bond donors (Lipinski definition) is 2. The molecule has 1 heterocycles. The summed E-state index contributed by atoms with van der Waals surface area (Å²) in [6, 6.07) is 4.40. The Bertz CT molecular complexity index is 567. The van der Waals surface area contributed by atoms with Crippen molar-refractivity contribution in [1.82, 2.24) is 4.90 Å². The first-order valence-electron chi connectivity index (χ1n) is 6.11. The SMILES string of the molecule is NC(=O)[C@]1(O)CCCN(C(=O)c2cccc(Br)c2F)C1. The molecule has 0 aliphatic carbocycles. The molecule has 108 valence electrons. The summed E-state index contributed by atoms with van der Waals surface area (Å²) in [6.07, 6.45) is 0.633. The van der Waals surface area contributed by atoms with Crippen LogP contribution in [0.2, 0.25) is 0 Å². The molecule has 1 aliphatic rings. The zero-order valence-electron chi connectivity index (χ0n) is 10.6. The van der Waals surface area contributed by atoms with Crippen LogP contribution in [0, 0.1) is 5.82 Å². The number of β-amino-alcohol motifs (C(OH)–C–C–N with tert-alkyl or cyclic N) is 1. The number of aliphatic hydroxyl groups is 1. The number of carbonyl (C=O) groups is 2. The van der Waals surface area contributed by atoms with Gasteiger partial charge < -0.3 is 15.7 Å². The van der Waals surface area contributed by atoms with E-state index in [9.17, 15) is 19.1 Å². The molecule has 0 aromatic heterocycles. The zero-order chi connectivity index (χ0) is 14.9. The number of carbonyl (C=O) groups excluding carboxylic acids is 2. The van der Waals surface area contributed by atoms with Crippen LogP contribution in [0.15, 0.2) is 22.7 Å². The number of amides is 2. The third-order valence-corrected chi connectivity index (χ3v) is 4.01. The average Bonchev–Trinajstić information content (AvgIpc) is 2.41. The van der Waals surface area contributed by atoms with Gasteiger partial charge in [-0.2, -0.15) is 0 Å². The molecule has 1 aromatic rings. The van der Waals surface area contributed by atoms with Crippen LogP contribution in [0.4, 0.5) is 4.39 Å². The number of halogens is 2. The topological polar surface area (TPSA) is 83.6 Å². The lowest BCUT2D eigenvalue weighted by Crippen LogP contribution is -2.57. The zero-order valence-corrected chi connectivity index (χ0v) is 12.2. The van der Waals surface area contributed by atoms with Crippen LogP contribution in [0.25, 0.3) is 0 Å². The Hall–Kier alpha value is -1.47. The number of hydrogen-bond acceptors (Lipinski definition) is 3. The first-order chi connectivity index (χ1) is 9.35. The van der Waals surface area contributed by atoms with Crippen LogP contribution in [0.3, 0.4) is 0 Å². The largest absolute Gasteiger partial charge is 0.378 e. The predicted molar refractivity (Wildman–Crippen MR) is 73.4 cm³/mol. The van der Waals surface area contributed by atoms with Gasteiger partial charge in [-0.05, 0) is 40.9 Å². The molecule has 1 fully saturated rings. The maximum Gasteiger partial charge on any atom is 0.256 e. The summed E-state index contributed by atoms with van der Waals surface area (Å²) in [5, 5.41) is 10.1. The second-order valence-corrected chi connectivity index (χ2v) is 5.68. The molecule has 7 heteroatoms. The lowest BCUT2D eigenvalue weighted by molar-refractivity contribution is -0.140. The molecule has 0 unspecified atom stereocenters. The third kappa shape index (κ3) is 2.69. The number of nitrogens with zero attached hydrogens (tertiary/aromatic N) is 1. The summed E-state index contributed by atoms with van der Waals surface area (Å²) >= 11 is 3.01. The highest BCUT2D eigenvalue weighted by Gasteiger charge is 2.40. The number of benzene rings is 1. The molecule has 2 rings (SSSR count). The summed E-state index contributed by atoms with van der Waals surface area (Å²) in [4.78, 5) is 24.8. The van der Waals surface area contributed by atoms with Crippen molar-refractivity contribution < 1.29 is 19.1 Å². The molecular formula is C13H14BrFN2O3. The van der Waals surface area contributed by atoms with E-state index in [2.05, 4.69) is 15.9 Å². The molecule has 1 aromatic carbocycles. The predicted octanol–water partition coefficient (Wildman–Crippen LogP) is 1.04. The van der Waals surface area contributed by atoms with Gasteiger partial charge >= 0.3 is 0 Å². The van der Waals surface area contributed by atoms with E-state index in [0.717, 1.165) is 0 Å². The van der Waals surface area contributed by atoms with Crippen molar-refractivity contribution in [2.45, 2.75) is 18.4 Å². The second kappa shape index (κ2) is 5.49. The minimum Gasteiger partial charge on any atom is -0.378 e. The smallest absolute Gasteiger partial charge is 0.256 e. The maximum atomic E-state index is 13.9. The second-order valence-electron chi connectivity index (χ2n) is 4.83. The average molecular weight is 345 g/mol. The fourth-order valence-corrected chi connectivity index (χ4v) is 2.62. The Morgan fingerprint density at radius 3 is 2.80 bits per heavy atom. The standard InChI is InChI=1S/C13H14BrFN2O3/c14-9-4-1-3-8(10(9)15)11(18)17-6-2-5-13(20,7-17)12(16)19/h1,3-4,20H,2,5-7H2,(H2,16,19)/t13-/m0/s1. The van der Waals surface area contributed by atoms with Crippen LogP contribution < -0.4 is 5.73 Å². The molecule has 2 amide bonds. The highest BCUT2D eigenvalue weighted by molar-refractivity contribution is 9.10. The van der Waals surface area contributed by atoms with Crippen molar-refractivity contribution in [2.24, 2.45) is 5.73 Å². The Balaban J connectivity index is 2.25. The van der Waals surface area contributed by atoms with Gasteiger partial charge in [0.15, 0.2) is 5.60 Å². The molecule has 3 N–H and O–H groups in total. The molecule has 1 atom stereocenters. The van der Waals surface area contributed by atoms with Crippen molar-refractivity contribution in [3.8, 4) is 0 Å². The van der Waals surface area contributed by atoms with E-state index in [4.69, 9.17) is 5.73 Å². The van der Waals surface area contributed by atoms with Gasteiger partial charge in [0.05, 0.1) is 16.6 Å². The van der Waals surface area contributed by atoms with Crippen molar-refractivity contribution in [2.75, 3.05) is 13.1 Å². The van der Waals surface area contributed by atoms with Crippen molar-refractivity contribution in [3.63, 3.8) is 0 Å². The van der Waals surface area contributed by atoms with E-state index in [1.165, 1.54) is 17.0 Å². The van der Waals surface area contributed by atoms with Crippen LogP contribution in [0.5, 0.6) is 0 Å². The first kappa shape index (κ1) is 14.9. The van der Waals surface area contributed by atoms with Crippen molar-refractivity contribution >= 4 is 27.7 Å². The highest BCUT2D eigenvalue weighted by Crippen LogP contribution is 2.25. The van der Waals surface area contributed by atoms with Gasteiger partial charge in [-0.25, -0.2) is 4.39 Å². The van der Waals surface area contributed by atoms with E-state index in [1.807, 2.05) is 0 Å². The van der Waals surface area contributed by atoms with Gasteiger partial charge in [-0.15, -0.1) is 0 Å². The lowest BCUT2D eigenvalue weighted by Gasteiger charge is -2.37. The molecule has 5 nitrogen and oxygen atoms in total. The quantitative estimate of drug-likeness (QED) is 0.840. The van der Waals surface area contributed by atoms with Crippen LogP contribution in [-0.4, -0.2) is 40.5 Å². The third-order valence-electron chi connectivity index (χ3n) is 3.40. The molecule has 20 heavy (non-hydrogen) atoms. The number of primary amides is 1. The fraction of sp³-hybridized carbons (Fsp3) is 0.385. The molecule has 0 bridgehead atoms. The van der Waals surface area contributed by atoms with E-state index in [1.54, 1.807) is 6.07 Å². The van der Waals surface area contributed by atoms with Gasteiger partial charge in [-0.1, -0.05) is 6.07 Å². The number of nitrogens with two attached hydrogens (primary N) is 1. The fourth-order valence-electron chi connectivity index (χ4n) is 2.25. The van der Waals surface area contributed by atoms with Gasteiger partial charge in [-0.3, -0.25) is 9.59 Å². The summed E-state index contributed by atoms with van der Waals surface area (Å²) in [5.74, 6) is -2.10. The van der Waals surface area contributed by atoms with Crippen LogP contribution >= 0.6 is 15.9 Å². The minimum absolute atomic E-state index is 0.104. The van der Waals surface area contributed by atoms with Crippen LogP contribution in [-0.2, 0) is 4.79 Å². The maximum absolute atomic E-state index is 13.9. The van der Waals surface area contributed by atoms with E-state index in [-0.39, 0.29) is 23.0 Å². The Kier molecular flexibility index (Phi) is 4.10. The van der Waals surface area contributed by atoms with E-state index in [0.29, 0.717) is 13.0 Å². The van der Waals surface area contributed by atoms with Gasteiger partial charge in [0.25, 0.3) is 11.8 Å². The summed E-state index contributed by atoms with van der Waals surface area (Å²) in [5.41, 5.74) is 3.30. The number of rotatable bonds is 2. The van der Waals surface area contributed by atoms with Crippen molar-refractivity contribution in [3.05, 3.63) is 34.1 Å². The molecule has 1 saturated heterocycles. The minimum atomic E-state index is -1.74. The summed E-state index contributed by atoms with van der Waals surface area (Å²) in [7, 11) is 0. The molecule has 0 spiro atoms. The first-order valence-corrected chi connectivity index (χ1v) is 6.90. The van der Waals surface area contributed by atoms with Gasteiger partial charge in [0.1, 0.15) is 5.82 Å². The number of piperidine rings is 1. The van der Waals surface area contributed by atoms with E-state index < -0.39 is 23.2 Å². The van der Waals surface area contributed by atoms with Gasteiger partial charge in [0.2, 0.25) is 0 Å². The highest BCUT2D eigenvalue weighted by atomic mass is 79.9. The normalized spacial score (nSPS) is 22.6.